The van der Waals surface area contributed by atoms with Gasteiger partial charge in [-0.25, -0.2) is 0 Å². The van der Waals surface area contributed by atoms with Crippen molar-refractivity contribution in [2.75, 3.05) is 6.54 Å². The molecule has 2 aliphatic rings. The van der Waals surface area contributed by atoms with E-state index in [4.69, 9.17) is 4.42 Å². The number of furan rings is 1. The second kappa shape index (κ2) is 6.77. The lowest BCUT2D eigenvalue weighted by atomic mass is 9.98. The van der Waals surface area contributed by atoms with Crippen LogP contribution in [0.2, 0.25) is 0 Å². The fourth-order valence-electron chi connectivity index (χ4n) is 3.32. The van der Waals surface area contributed by atoms with Crippen molar-refractivity contribution in [2.24, 2.45) is 0 Å². The van der Waals surface area contributed by atoms with Crippen LogP contribution in [0.25, 0.3) is 0 Å². The van der Waals surface area contributed by atoms with Crippen LogP contribution in [0, 0.1) is 0 Å². The van der Waals surface area contributed by atoms with Crippen LogP contribution < -0.4 is 5.32 Å². The molecular weight excluding hydrogens is 248 g/mol. The average molecular weight is 276 g/mol. The van der Waals surface area contributed by atoms with Gasteiger partial charge in [0.15, 0.2) is 0 Å². The summed E-state index contributed by atoms with van der Waals surface area (Å²) in [5, 5.41) is 3.59. The Morgan fingerprint density at radius 3 is 3.00 bits per heavy atom. The highest BCUT2D eigenvalue weighted by atomic mass is 16.3. The van der Waals surface area contributed by atoms with Gasteiger partial charge in [0.1, 0.15) is 5.76 Å². The van der Waals surface area contributed by atoms with Crippen LogP contribution in [0.3, 0.4) is 0 Å². The Bertz CT molecular complexity index is 409. The summed E-state index contributed by atoms with van der Waals surface area (Å²) in [7, 11) is 0. The molecule has 0 amide bonds. The number of nitrogens with zero attached hydrogens (tertiary/aromatic N) is 1. The lowest BCUT2D eigenvalue weighted by molar-refractivity contribution is 0.121. The minimum absolute atomic E-state index is 0.764. The number of piperidine rings is 1. The standard InChI is InChI=1S/C17H28N2O/c1-2-5-16-6-3-4-10-19(16)13-17-14(9-11-20-17)12-18-15-7-8-15/h9,11,15-16,18H,2-8,10,12-13H2,1H3. The highest BCUT2D eigenvalue weighted by Gasteiger charge is 2.24. The van der Waals surface area contributed by atoms with Crippen molar-refractivity contribution in [2.45, 2.75) is 77.0 Å². The molecule has 2 heterocycles. The third kappa shape index (κ3) is 3.64. The number of hydrogen-bond donors (Lipinski definition) is 1. The van der Waals surface area contributed by atoms with Crippen LogP contribution in [0.5, 0.6) is 0 Å². The SMILES string of the molecule is CCCC1CCCCN1Cc1occc1CNC1CC1. The van der Waals surface area contributed by atoms with Crippen molar-refractivity contribution in [1.82, 2.24) is 10.2 Å². The molecule has 0 radical (unpaired) electrons. The maximum atomic E-state index is 5.76. The van der Waals surface area contributed by atoms with Gasteiger partial charge >= 0.3 is 0 Å². The predicted molar refractivity (Wildman–Crippen MR) is 81.5 cm³/mol. The largest absolute Gasteiger partial charge is 0.468 e. The van der Waals surface area contributed by atoms with Crippen LogP contribution in [0.1, 0.15) is 63.2 Å². The van der Waals surface area contributed by atoms with Crippen LogP contribution in [0.4, 0.5) is 0 Å². The fourth-order valence-corrected chi connectivity index (χ4v) is 3.32. The van der Waals surface area contributed by atoms with E-state index in [0.29, 0.717) is 0 Å². The molecule has 1 N–H and O–H groups in total. The van der Waals surface area contributed by atoms with E-state index in [1.165, 1.54) is 62.8 Å². The summed E-state index contributed by atoms with van der Waals surface area (Å²) in [5.41, 5.74) is 1.36. The second-order valence-corrected chi connectivity index (χ2v) is 6.43. The molecule has 1 saturated carbocycles. The summed E-state index contributed by atoms with van der Waals surface area (Å²) in [5.74, 6) is 1.18. The normalized spacial score (nSPS) is 24.1. The number of nitrogens with one attached hydrogen (secondary N) is 1. The first-order chi connectivity index (χ1) is 9.86. The Morgan fingerprint density at radius 2 is 2.20 bits per heavy atom. The van der Waals surface area contributed by atoms with Crippen molar-refractivity contribution in [3.8, 4) is 0 Å². The van der Waals surface area contributed by atoms with E-state index in [9.17, 15) is 0 Å². The van der Waals surface area contributed by atoms with Gasteiger partial charge in [0.25, 0.3) is 0 Å². The van der Waals surface area contributed by atoms with Gasteiger partial charge in [-0.2, -0.15) is 0 Å². The van der Waals surface area contributed by atoms with Crippen LogP contribution in [0.15, 0.2) is 16.7 Å². The number of rotatable bonds is 7. The van der Waals surface area contributed by atoms with Crippen molar-refractivity contribution >= 4 is 0 Å². The van der Waals surface area contributed by atoms with Gasteiger partial charge in [-0.05, 0) is 44.7 Å². The van der Waals surface area contributed by atoms with Gasteiger partial charge in [-0.1, -0.05) is 19.8 Å². The molecule has 112 valence electrons. The van der Waals surface area contributed by atoms with Crippen molar-refractivity contribution in [1.29, 1.82) is 0 Å². The summed E-state index contributed by atoms with van der Waals surface area (Å²) in [6, 6.07) is 3.67. The molecule has 3 nitrogen and oxygen atoms in total. The smallest absolute Gasteiger partial charge is 0.122 e. The van der Waals surface area contributed by atoms with Gasteiger partial charge in [0, 0.05) is 24.2 Å². The molecule has 0 aromatic carbocycles. The van der Waals surface area contributed by atoms with E-state index in [1.807, 2.05) is 6.26 Å². The minimum Gasteiger partial charge on any atom is -0.468 e. The van der Waals surface area contributed by atoms with Gasteiger partial charge in [-0.15, -0.1) is 0 Å². The van der Waals surface area contributed by atoms with Crippen LogP contribution >= 0.6 is 0 Å². The third-order valence-corrected chi connectivity index (χ3v) is 4.71. The lowest BCUT2D eigenvalue weighted by Gasteiger charge is -2.35. The minimum atomic E-state index is 0.764. The summed E-state index contributed by atoms with van der Waals surface area (Å²) in [4.78, 5) is 2.65. The molecule has 1 unspecified atom stereocenters. The maximum Gasteiger partial charge on any atom is 0.122 e. The van der Waals surface area contributed by atoms with Crippen LogP contribution in [-0.2, 0) is 13.1 Å². The average Bonchev–Trinajstić information content (AvgIpc) is 3.19. The summed E-state index contributed by atoms with van der Waals surface area (Å²) < 4.78 is 5.76. The summed E-state index contributed by atoms with van der Waals surface area (Å²) in [6.07, 6.45) is 11.3. The molecule has 20 heavy (non-hydrogen) atoms. The monoisotopic (exact) mass is 276 g/mol. The third-order valence-electron chi connectivity index (χ3n) is 4.71. The van der Waals surface area contributed by atoms with Crippen LogP contribution in [-0.4, -0.2) is 23.5 Å². The molecule has 1 saturated heterocycles. The van der Waals surface area contributed by atoms with Crippen molar-refractivity contribution in [3.05, 3.63) is 23.7 Å². The first kappa shape index (κ1) is 14.2. The first-order valence-electron chi connectivity index (χ1n) is 8.39. The zero-order valence-corrected chi connectivity index (χ0v) is 12.7. The van der Waals surface area contributed by atoms with Gasteiger partial charge in [0.2, 0.25) is 0 Å². The van der Waals surface area contributed by atoms with E-state index in [0.717, 1.165) is 25.2 Å². The highest BCUT2D eigenvalue weighted by Crippen LogP contribution is 2.25. The summed E-state index contributed by atoms with van der Waals surface area (Å²) in [6.45, 7) is 5.51. The molecule has 0 spiro atoms. The highest BCUT2D eigenvalue weighted by molar-refractivity contribution is 5.17. The van der Waals surface area contributed by atoms with Crippen molar-refractivity contribution < 1.29 is 4.42 Å². The molecule has 1 aliphatic carbocycles. The molecule has 1 aromatic heterocycles. The van der Waals surface area contributed by atoms with E-state index < -0.39 is 0 Å². The number of likely N-dealkylation sites (tertiary alicyclic amines) is 1. The Morgan fingerprint density at radius 1 is 1.30 bits per heavy atom. The number of hydrogen-bond acceptors (Lipinski definition) is 3. The molecule has 0 bridgehead atoms. The Hall–Kier alpha value is -0.800. The Balaban J connectivity index is 1.58. The quantitative estimate of drug-likeness (QED) is 0.823. The van der Waals surface area contributed by atoms with E-state index in [1.54, 1.807) is 0 Å². The Labute approximate surface area is 122 Å². The molecule has 3 heteroatoms. The zero-order valence-electron chi connectivity index (χ0n) is 12.7. The van der Waals surface area contributed by atoms with Gasteiger partial charge < -0.3 is 9.73 Å². The molecule has 1 aliphatic heterocycles. The molecule has 1 atom stereocenters. The van der Waals surface area contributed by atoms with E-state index in [-0.39, 0.29) is 0 Å². The topological polar surface area (TPSA) is 28.4 Å². The van der Waals surface area contributed by atoms with Crippen molar-refractivity contribution in [3.63, 3.8) is 0 Å². The fraction of sp³-hybridized carbons (Fsp3) is 0.765. The molecule has 3 rings (SSSR count). The summed E-state index contributed by atoms with van der Waals surface area (Å²) >= 11 is 0. The maximum absolute atomic E-state index is 5.76. The molecule has 1 aromatic rings. The first-order valence-corrected chi connectivity index (χ1v) is 8.39. The molecule has 2 fully saturated rings. The predicted octanol–water partition coefficient (Wildman–Crippen LogP) is 3.69. The Kier molecular flexibility index (Phi) is 4.79. The van der Waals surface area contributed by atoms with E-state index >= 15 is 0 Å². The lowest BCUT2D eigenvalue weighted by Crippen LogP contribution is -2.39. The van der Waals surface area contributed by atoms with E-state index in [2.05, 4.69) is 23.2 Å². The molecular formula is C17H28N2O. The zero-order chi connectivity index (χ0) is 13.8. The second-order valence-electron chi connectivity index (χ2n) is 6.43. The van der Waals surface area contributed by atoms with Gasteiger partial charge in [-0.3, -0.25) is 4.90 Å². The van der Waals surface area contributed by atoms with Gasteiger partial charge in [0.05, 0.1) is 12.8 Å².